The first-order valence-corrected chi connectivity index (χ1v) is 8.72. The zero-order valence-corrected chi connectivity index (χ0v) is 15.3. The van der Waals surface area contributed by atoms with Gasteiger partial charge in [-0.05, 0) is 63.3 Å². The van der Waals surface area contributed by atoms with Crippen LogP contribution in [0, 0.1) is 20.8 Å². The lowest BCUT2D eigenvalue weighted by atomic mass is 10.1. The van der Waals surface area contributed by atoms with Gasteiger partial charge in [-0.3, -0.25) is 0 Å². The van der Waals surface area contributed by atoms with Gasteiger partial charge < -0.3 is 20.3 Å². The minimum absolute atomic E-state index is 0.766. The topological polar surface area (TPSA) is 95.9 Å². The summed E-state index contributed by atoms with van der Waals surface area (Å²) in [5.41, 5.74) is 3.83. The number of carboxylic acid groups (broad SMARTS) is 2. The van der Waals surface area contributed by atoms with Crippen LogP contribution < -0.4 is 10.1 Å². The Kier molecular flexibility index (Phi) is 8.99. The molecule has 0 atom stereocenters. The number of aryl methyl sites for hydroxylation is 2. The number of rotatable bonds is 6. The van der Waals surface area contributed by atoms with Crippen LogP contribution in [-0.2, 0) is 9.59 Å². The van der Waals surface area contributed by atoms with Crippen molar-refractivity contribution in [1.82, 2.24) is 5.32 Å². The molecule has 1 aliphatic carbocycles. The third kappa shape index (κ3) is 7.56. The van der Waals surface area contributed by atoms with Gasteiger partial charge in [0.1, 0.15) is 5.75 Å². The summed E-state index contributed by atoms with van der Waals surface area (Å²) in [6, 6.07) is 5.08. The van der Waals surface area contributed by atoms with Gasteiger partial charge >= 0.3 is 11.9 Å². The number of hydrogen-bond acceptors (Lipinski definition) is 4. The second-order valence-electron chi connectivity index (χ2n) is 6.40. The van der Waals surface area contributed by atoms with E-state index in [0.717, 1.165) is 31.4 Å². The maximum Gasteiger partial charge on any atom is 0.414 e. The van der Waals surface area contributed by atoms with Crippen LogP contribution in [0.2, 0.25) is 0 Å². The average Bonchev–Trinajstić information content (AvgIpc) is 3.07. The van der Waals surface area contributed by atoms with Crippen molar-refractivity contribution in [1.29, 1.82) is 0 Å². The Morgan fingerprint density at radius 3 is 2.20 bits per heavy atom. The predicted octanol–water partition coefficient (Wildman–Crippen LogP) is 3.07. The van der Waals surface area contributed by atoms with Crippen LogP contribution in [0.3, 0.4) is 0 Å². The molecule has 0 heterocycles. The van der Waals surface area contributed by atoms with E-state index in [9.17, 15) is 0 Å². The van der Waals surface area contributed by atoms with Gasteiger partial charge in [0.25, 0.3) is 0 Å². The minimum Gasteiger partial charge on any atom is -0.493 e. The summed E-state index contributed by atoms with van der Waals surface area (Å²) in [7, 11) is 0. The Hall–Kier alpha value is -2.08. The Bertz CT molecular complexity index is 567. The summed E-state index contributed by atoms with van der Waals surface area (Å²) in [5, 5.41) is 18.4. The van der Waals surface area contributed by atoms with Gasteiger partial charge in [0, 0.05) is 6.04 Å². The molecule has 1 aromatic rings. The molecule has 0 bridgehead atoms. The fraction of sp³-hybridized carbons (Fsp3) is 0.579. The second-order valence-corrected chi connectivity index (χ2v) is 6.40. The number of hydrogen-bond donors (Lipinski definition) is 3. The van der Waals surface area contributed by atoms with Crippen molar-refractivity contribution in [3.63, 3.8) is 0 Å². The van der Waals surface area contributed by atoms with Crippen molar-refractivity contribution in [3.8, 4) is 5.75 Å². The fourth-order valence-electron chi connectivity index (χ4n) is 2.83. The van der Waals surface area contributed by atoms with Gasteiger partial charge in [-0.2, -0.15) is 0 Å². The molecule has 0 aromatic heterocycles. The Morgan fingerprint density at radius 1 is 1.08 bits per heavy atom. The van der Waals surface area contributed by atoms with Crippen LogP contribution in [0.15, 0.2) is 12.1 Å². The first kappa shape index (κ1) is 21.0. The molecule has 25 heavy (non-hydrogen) atoms. The summed E-state index contributed by atoms with van der Waals surface area (Å²) in [6.07, 6.45) is 6.60. The Balaban J connectivity index is 0.000000450. The summed E-state index contributed by atoms with van der Waals surface area (Å²) < 4.78 is 5.97. The Labute approximate surface area is 149 Å². The molecule has 1 aliphatic rings. The van der Waals surface area contributed by atoms with Crippen molar-refractivity contribution in [2.75, 3.05) is 13.2 Å². The van der Waals surface area contributed by atoms with Gasteiger partial charge in [-0.1, -0.05) is 25.0 Å². The summed E-state index contributed by atoms with van der Waals surface area (Å²) in [5.74, 6) is -2.56. The highest BCUT2D eigenvalue weighted by atomic mass is 16.5. The molecule has 0 radical (unpaired) electrons. The lowest BCUT2D eigenvalue weighted by Gasteiger charge is -2.15. The molecule has 1 fully saturated rings. The minimum atomic E-state index is -1.82. The van der Waals surface area contributed by atoms with E-state index in [2.05, 4.69) is 38.2 Å². The van der Waals surface area contributed by atoms with Crippen LogP contribution in [0.4, 0.5) is 0 Å². The van der Waals surface area contributed by atoms with Crippen molar-refractivity contribution < 1.29 is 24.5 Å². The summed E-state index contributed by atoms with van der Waals surface area (Å²) in [6.45, 7) is 8.30. The van der Waals surface area contributed by atoms with Gasteiger partial charge in [-0.25, -0.2) is 9.59 Å². The number of nitrogens with one attached hydrogen (secondary N) is 1. The number of carbonyl (C=O) groups is 2. The van der Waals surface area contributed by atoms with Gasteiger partial charge in [0.2, 0.25) is 0 Å². The smallest absolute Gasteiger partial charge is 0.414 e. The lowest BCUT2D eigenvalue weighted by molar-refractivity contribution is -0.159. The first-order valence-electron chi connectivity index (χ1n) is 8.72. The monoisotopic (exact) mass is 351 g/mol. The highest BCUT2D eigenvalue weighted by molar-refractivity contribution is 6.27. The van der Waals surface area contributed by atoms with Crippen molar-refractivity contribution in [2.24, 2.45) is 0 Å². The molecular formula is C19H29NO5. The van der Waals surface area contributed by atoms with E-state index in [-0.39, 0.29) is 0 Å². The predicted molar refractivity (Wildman–Crippen MR) is 96.3 cm³/mol. The molecule has 6 heteroatoms. The largest absolute Gasteiger partial charge is 0.493 e. The summed E-state index contributed by atoms with van der Waals surface area (Å²) >= 11 is 0. The van der Waals surface area contributed by atoms with Crippen LogP contribution in [0.1, 0.15) is 48.8 Å². The summed E-state index contributed by atoms with van der Waals surface area (Å²) in [4.78, 5) is 18.2. The highest BCUT2D eigenvalue weighted by Gasteiger charge is 2.13. The molecule has 6 nitrogen and oxygen atoms in total. The van der Waals surface area contributed by atoms with Gasteiger partial charge in [0.05, 0.1) is 6.61 Å². The van der Waals surface area contributed by atoms with E-state index in [1.54, 1.807) is 0 Å². The molecule has 0 unspecified atom stereocenters. The third-order valence-corrected chi connectivity index (χ3v) is 4.41. The standard InChI is InChI=1S/C17H27NO.C2H2O4/c1-13-9-10-14(2)17(15(13)3)19-12-6-11-18-16-7-4-5-8-16;3-1(4)2(5)6/h9-10,16,18H,4-8,11-12H2,1-3H3;(H,3,4)(H,5,6). The average molecular weight is 351 g/mol. The van der Waals surface area contributed by atoms with Crippen LogP contribution >= 0.6 is 0 Å². The van der Waals surface area contributed by atoms with E-state index in [1.165, 1.54) is 42.4 Å². The molecule has 0 amide bonds. The molecular weight excluding hydrogens is 322 g/mol. The number of benzene rings is 1. The molecule has 140 valence electrons. The number of aliphatic carboxylic acids is 2. The van der Waals surface area contributed by atoms with Crippen molar-refractivity contribution in [3.05, 3.63) is 28.8 Å². The fourth-order valence-corrected chi connectivity index (χ4v) is 2.83. The number of ether oxygens (including phenoxy) is 1. The van der Waals surface area contributed by atoms with E-state index < -0.39 is 11.9 Å². The molecule has 0 spiro atoms. The zero-order chi connectivity index (χ0) is 18.8. The van der Waals surface area contributed by atoms with E-state index in [4.69, 9.17) is 24.5 Å². The maximum atomic E-state index is 9.10. The van der Waals surface area contributed by atoms with Crippen molar-refractivity contribution >= 4 is 11.9 Å². The lowest BCUT2D eigenvalue weighted by Crippen LogP contribution is -2.27. The van der Waals surface area contributed by atoms with Gasteiger partial charge in [0.15, 0.2) is 0 Å². The van der Waals surface area contributed by atoms with Crippen LogP contribution in [-0.4, -0.2) is 41.3 Å². The molecule has 1 aromatic carbocycles. The normalized spacial score (nSPS) is 13.9. The molecule has 2 rings (SSSR count). The van der Waals surface area contributed by atoms with Crippen LogP contribution in [0.25, 0.3) is 0 Å². The Morgan fingerprint density at radius 2 is 1.64 bits per heavy atom. The quantitative estimate of drug-likeness (QED) is 0.538. The third-order valence-electron chi connectivity index (χ3n) is 4.41. The number of carboxylic acids is 2. The highest BCUT2D eigenvalue weighted by Crippen LogP contribution is 2.25. The molecule has 0 saturated heterocycles. The first-order chi connectivity index (χ1) is 11.8. The zero-order valence-electron chi connectivity index (χ0n) is 15.3. The molecule has 3 N–H and O–H groups in total. The maximum absolute atomic E-state index is 9.10. The molecule has 0 aliphatic heterocycles. The van der Waals surface area contributed by atoms with E-state index in [1.807, 2.05) is 0 Å². The van der Waals surface area contributed by atoms with Crippen LogP contribution in [0.5, 0.6) is 5.75 Å². The van der Waals surface area contributed by atoms with E-state index in [0.29, 0.717) is 0 Å². The van der Waals surface area contributed by atoms with E-state index >= 15 is 0 Å². The van der Waals surface area contributed by atoms with Crippen molar-refractivity contribution in [2.45, 2.75) is 58.9 Å². The SMILES string of the molecule is Cc1ccc(C)c(OCCCNC2CCCC2)c1C.O=C(O)C(=O)O. The molecule has 1 saturated carbocycles. The second kappa shape index (κ2) is 10.7. The van der Waals surface area contributed by atoms with Gasteiger partial charge in [-0.15, -0.1) is 0 Å².